The highest BCUT2D eigenvalue weighted by Gasteiger charge is 2.35. The van der Waals surface area contributed by atoms with Crippen LogP contribution in [0.5, 0.6) is 0 Å². The fourth-order valence-corrected chi connectivity index (χ4v) is 4.12. The summed E-state index contributed by atoms with van der Waals surface area (Å²) in [6.07, 6.45) is 0. The van der Waals surface area contributed by atoms with E-state index in [1.807, 2.05) is 27.7 Å². The van der Waals surface area contributed by atoms with E-state index in [4.69, 9.17) is 11.6 Å². The molecule has 0 saturated heterocycles. The molecular weight excluding hydrogens is 483 g/mol. The smallest absolute Gasteiger partial charge is 0.348 e. The van der Waals surface area contributed by atoms with Crippen molar-refractivity contribution in [3.05, 3.63) is 65.1 Å². The fraction of sp³-hybridized carbons (Fsp3) is 0.304. The number of aromatic nitrogens is 2. The van der Waals surface area contributed by atoms with Crippen LogP contribution >= 0.6 is 11.6 Å². The summed E-state index contributed by atoms with van der Waals surface area (Å²) in [5.41, 5.74) is -0.143. The lowest BCUT2D eigenvalue weighted by Gasteiger charge is -2.28. The molecule has 2 aromatic carbocycles. The minimum absolute atomic E-state index is 0.0289. The number of carbonyl (C=O) groups excluding carboxylic acids is 1. The van der Waals surface area contributed by atoms with Gasteiger partial charge < -0.3 is 5.32 Å². The molecule has 11 heteroatoms. The molecule has 1 heterocycles. The number of amides is 1. The second-order valence-corrected chi connectivity index (χ2v) is 10.7. The largest absolute Gasteiger partial charge is 0.364 e. The van der Waals surface area contributed by atoms with E-state index in [0.29, 0.717) is 14.9 Å². The Kier molecular flexibility index (Phi) is 7.07. The maximum Gasteiger partial charge on any atom is 0.364 e. The summed E-state index contributed by atoms with van der Waals surface area (Å²) in [5, 5.41) is 7.59. The van der Waals surface area contributed by atoms with Gasteiger partial charge in [-0.25, -0.2) is 8.70 Å². The topological polar surface area (TPSA) is 105 Å². The molecule has 0 radical (unpaired) electrons. The van der Waals surface area contributed by atoms with Crippen molar-refractivity contribution in [3.63, 3.8) is 0 Å². The van der Waals surface area contributed by atoms with Crippen LogP contribution in [0.15, 0.2) is 48.5 Å². The predicted octanol–water partition coefficient (Wildman–Crippen LogP) is 4.98. The average molecular weight is 509 g/mol. The zero-order chi connectivity index (χ0) is 25.4. The van der Waals surface area contributed by atoms with Crippen molar-refractivity contribution in [1.82, 2.24) is 15.1 Å². The van der Waals surface area contributed by atoms with E-state index in [1.54, 1.807) is 0 Å². The third kappa shape index (κ3) is 5.40. The Morgan fingerprint density at radius 2 is 1.71 bits per heavy atom. The normalized spacial score (nSPS) is 12.9. The van der Waals surface area contributed by atoms with Gasteiger partial charge in [0.1, 0.15) is 17.2 Å². The number of hydrogen-bond donors (Lipinski definition) is 2. The number of anilines is 2. The van der Waals surface area contributed by atoms with Gasteiger partial charge in [-0.05, 0) is 60.9 Å². The van der Waals surface area contributed by atoms with Gasteiger partial charge in [-0.15, -0.1) is 0 Å². The van der Waals surface area contributed by atoms with Crippen molar-refractivity contribution in [1.29, 1.82) is 0 Å². The lowest BCUT2D eigenvalue weighted by molar-refractivity contribution is 0.0901. The highest BCUT2D eigenvalue weighted by atomic mass is 35.5. The Morgan fingerprint density at radius 3 is 2.21 bits per heavy atom. The van der Waals surface area contributed by atoms with E-state index in [2.05, 4.69) is 10.4 Å². The molecule has 1 aromatic heterocycles. The molecule has 2 N–H and O–H groups in total. The Morgan fingerprint density at radius 1 is 1.15 bits per heavy atom. The van der Waals surface area contributed by atoms with Gasteiger partial charge in [0.2, 0.25) is 0 Å². The van der Waals surface area contributed by atoms with Crippen LogP contribution < -0.4 is 9.62 Å². The zero-order valence-corrected chi connectivity index (χ0v) is 20.9. The van der Waals surface area contributed by atoms with Gasteiger partial charge in [0.15, 0.2) is 5.69 Å². The molecule has 0 saturated carbocycles. The molecule has 0 fully saturated rings. The predicted molar refractivity (Wildman–Crippen MR) is 130 cm³/mol. The number of halogens is 2. The van der Waals surface area contributed by atoms with E-state index < -0.39 is 22.0 Å². The van der Waals surface area contributed by atoms with Gasteiger partial charge in [-0.1, -0.05) is 32.4 Å². The van der Waals surface area contributed by atoms with Crippen LogP contribution in [0.25, 0.3) is 11.3 Å². The van der Waals surface area contributed by atoms with Gasteiger partial charge in [0.05, 0.1) is 5.69 Å². The molecular formula is C23H26ClFN4O4S. The SMILES string of the molecule is CC(NC(=O)c1c(N(c2ccc(Cl)cc2)S(=O)(=O)O)c(-c2ccc(F)cc2)nn1C)C(C)(C)C. The minimum atomic E-state index is -4.94. The molecule has 0 aliphatic carbocycles. The van der Waals surface area contributed by atoms with Crippen molar-refractivity contribution in [2.75, 3.05) is 4.31 Å². The molecule has 3 aromatic rings. The van der Waals surface area contributed by atoms with Crippen molar-refractivity contribution < 1.29 is 22.2 Å². The Balaban J connectivity index is 2.31. The van der Waals surface area contributed by atoms with Crippen LogP contribution in [0.4, 0.5) is 15.8 Å². The van der Waals surface area contributed by atoms with Gasteiger partial charge in [0.25, 0.3) is 5.91 Å². The van der Waals surface area contributed by atoms with Crippen LogP contribution in [-0.4, -0.2) is 34.7 Å². The van der Waals surface area contributed by atoms with Crippen molar-refractivity contribution in [2.24, 2.45) is 12.5 Å². The van der Waals surface area contributed by atoms with Gasteiger partial charge in [0, 0.05) is 23.7 Å². The molecule has 0 aliphatic heterocycles. The van der Waals surface area contributed by atoms with Gasteiger partial charge in [-0.3, -0.25) is 14.0 Å². The fourth-order valence-electron chi connectivity index (χ4n) is 3.20. The number of carbonyl (C=O) groups is 1. The maximum atomic E-state index is 13.6. The Labute approximate surface area is 203 Å². The summed E-state index contributed by atoms with van der Waals surface area (Å²) in [5.74, 6) is -1.09. The number of rotatable bonds is 6. The number of benzene rings is 2. The molecule has 182 valence electrons. The summed E-state index contributed by atoms with van der Waals surface area (Å²) < 4.78 is 50.9. The first-order chi connectivity index (χ1) is 15.7. The number of aryl methyl sites for hydroxylation is 1. The highest BCUT2D eigenvalue weighted by Crippen LogP contribution is 2.40. The molecule has 34 heavy (non-hydrogen) atoms. The standard InChI is InChI=1S/C23H26ClFN4O4S/c1-14(23(2,3)4)26-22(30)21-20(19(27-28(21)5)15-6-10-17(25)11-7-15)29(34(31,32)33)18-12-8-16(24)9-13-18/h6-14H,1-5H3,(H,26,30)(H,31,32,33). The van der Waals surface area contributed by atoms with Crippen molar-refractivity contribution in [3.8, 4) is 11.3 Å². The molecule has 1 atom stereocenters. The third-order valence-corrected chi connectivity index (χ3v) is 6.60. The monoisotopic (exact) mass is 508 g/mol. The molecule has 0 spiro atoms. The Bertz CT molecular complexity index is 1300. The first kappa shape index (κ1) is 25.7. The molecule has 0 aliphatic rings. The van der Waals surface area contributed by atoms with Crippen molar-refractivity contribution >= 4 is 39.2 Å². The summed E-state index contributed by atoms with van der Waals surface area (Å²) in [4.78, 5) is 13.4. The summed E-state index contributed by atoms with van der Waals surface area (Å²) in [7, 11) is -3.46. The average Bonchev–Trinajstić information content (AvgIpc) is 3.05. The van der Waals surface area contributed by atoms with E-state index in [0.717, 1.165) is 0 Å². The minimum Gasteiger partial charge on any atom is -0.348 e. The van der Waals surface area contributed by atoms with Gasteiger partial charge >= 0.3 is 10.3 Å². The zero-order valence-electron chi connectivity index (χ0n) is 19.4. The van der Waals surface area contributed by atoms with E-state index in [-0.39, 0.29) is 34.2 Å². The Hall–Kier alpha value is -2.95. The molecule has 8 nitrogen and oxygen atoms in total. The number of hydrogen-bond acceptors (Lipinski definition) is 4. The van der Waals surface area contributed by atoms with Crippen LogP contribution in [0.1, 0.15) is 38.2 Å². The summed E-state index contributed by atoms with van der Waals surface area (Å²) in [6.45, 7) is 7.67. The van der Waals surface area contributed by atoms with Crippen LogP contribution in [-0.2, 0) is 17.4 Å². The lowest BCUT2D eigenvalue weighted by atomic mass is 9.88. The quantitative estimate of drug-likeness (QED) is 0.457. The van der Waals surface area contributed by atoms with Crippen LogP contribution in [0, 0.1) is 11.2 Å². The lowest BCUT2D eigenvalue weighted by Crippen LogP contribution is -2.42. The molecule has 3 rings (SSSR count). The number of nitrogens with one attached hydrogen (secondary N) is 1. The third-order valence-electron chi connectivity index (χ3n) is 5.50. The van der Waals surface area contributed by atoms with Crippen LogP contribution in [0.3, 0.4) is 0 Å². The van der Waals surface area contributed by atoms with E-state index in [1.165, 1.54) is 60.3 Å². The van der Waals surface area contributed by atoms with E-state index in [9.17, 15) is 22.2 Å². The molecule has 0 bridgehead atoms. The second kappa shape index (κ2) is 9.36. The van der Waals surface area contributed by atoms with Crippen LogP contribution in [0.2, 0.25) is 5.02 Å². The van der Waals surface area contributed by atoms with E-state index >= 15 is 0 Å². The van der Waals surface area contributed by atoms with Crippen molar-refractivity contribution in [2.45, 2.75) is 33.7 Å². The summed E-state index contributed by atoms with van der Waals surface area (Å²) in [6, 6.07) is 10.6. The first-order valence-corrected chi connectivity index (χ1v) is 12.1. The van der Waals surface area contributed by atoms with Gasteiger partial charge in [-0.2, -0.15) is 13.5 Å². The maximum absolute atomic E-state index is 13.6. The molecule has 1 unspecified atom stereocenters. The summed E-state index contributed by atoms with van der Waals surface area (Å²) >= 11 is 5.96. The highest BCUT2D eigenvalue weighted by molar-refractivity contribution is 7.87. The second-order valence-electron chi connectivity index (χ2n) is 8.96. The molecule has 1 amide bonds. The first-order valence-electron chi connectivity index (χ1n) is 10.4. The number of nitrogens with zero attached hydrogens (tertiary/aromatic N) is 3.